The molecular formula is C26H30F3N3O3. The maximum absolute atomic E-state index is 14.2. The predicted molar refractivity (Wildman–Crippen MR) is 126 cm³/mol. The summed E-state index contributed by atoms with van der Waals surface area (Å²) in [5.74, 6) is -4.90. The van der Waals surface area contributed by atoms with Gasteiger partial charge in [-0.3, -0.25) is 14.4 Å². The number of hydrogen-bond acceptors (Lipinski definition) is 3. The van der Waals surface area contributed by atoms with Gasteiger partial charge in [-0.1, -0.05) is 39.8 Å². The van der Waals surface area contributed by atoms with Crippen molar-refractivity contribution in [1.82, 2.24) is 10.2 Å². The highest BCUT2D eigenvalue weighted by atomic mass is 19.1. The molecule has 0 spiro atoms. The van der Waals surface area contributed by atoms with Gasteiger partial charge in [0.25, 0.3) is 5.91 Å². The van der Waals surface area contributed by atoms with Crippen molar-refractivity contribution >= 4 is 23.4 Å². The summed E-state index contributed by atoms with van der Waals surface area (Å²) in [6, 6.07) is 4.81. The van der Waals surface area contributed by atoms with Gasteiger partial charge in [0.2, 0.25) is 11.8 Å². The Labute approximate surface area is 202 Å². The van der Waals surface area contributed by atoms with Gasteiger partial charge in [0.15, 0.2) is 0 Å². The molecule has 0 radical (unpaired) electrons. The van der Waals surface area contributed by atoms with Gasteiger partial charge in [0.05, 0.1) is 0 Å². The lowest BCUT2D eigenvalue weighted by atomic mass is 9.90. The molecule has 188 valence electrons. The van der Waals surface area contributed by atoms with Crippen molar-refractivity contribution in [2.45, 2.75) is 52.6 Å². The van der Waals surface area contributed by atoms with Crippen molar-refractivity contribution in [3.8, 4) is 0 Å². The van der Waals surface area contributed by atoms with Gasteiger partial charge >= 0.3 is 0 Å². The fourth-order valence-corrected chi connectivity index (χ4v) is 4.09. The minimum absolute atomic E-state index is 0.109. The third-order valence-corrected chi connectivity index (χ3v) is 6.37. The van der Waals surface area contributed by atoms with Crippen LogP contribution in [0.15, 0.2) is 36.4 Å². The SMILES string of the molecule is CC[C@@H](C)C(=O)N[C@H](C(=O)N1CCc2ccc(F)cc2[C@@H]1C(=O)Nc1c(F)cccc1F)C(C)C. The highest BCUT2D eigenvalue weighted by Gasteiger charge is 2.40. The maximum Gasteiger partial charge on any atom is 0.251 e. The van der Waals surface area contributed by atoms with E-state index in [2.05, 4.69) is 10.6 Å². The summed E-state index contributed by atoms with van der Waals surface area (Å²) >= 11 is 0. The van der Waals surface area contributed by atoms with E-state index in [0.717, 1.165) is 24.3 Å². The minimum atomic E-state index is -1.34. The molecule has 0 saturated heterocycles. The molecule has 1 aliphatic heterocycles. The number of benzene rings is 2. The van der Waals surface area contributed by atoms with E-state index in [1.165, 1.54) is 17.0 Å². The van der Waals surface area contributed by atoms with Crippen molar-refractivity contribution in [2.75, 3.05) is 11.9 Å². The molecule has 2 N–H and O–H groups in total. The zero-order valence-electron chi connectivity index (χ0n) is 20.2. The Kier molecular flexibility index (Phi) is 8.19. The summed E-state index contributed by atoms with van der Waals surface area (Å²) in [6.07, 6.45) is 0.934. The molecule has 3 atom stereocenters. The van der Waals surface area contributed by atoms with E-state index in [0.29, 0.717) is 18.4 Å². The molecular weight excluding hydrogens is 459 g/mol. The average Bonchev–Trinajstić information content (AvgIpc) is 2.82. The molecule has 6 nitrogen and oxygen atoms in total. The number of nitrogens with zero attached hydrogens (tertiary/aromatic N) is 1. The first kappa shape index (κ1) is 26.2. The van der Waals surface area contributed by atoms with Crippen LogP contribution < -0.4 is 10.6 Å². The van der Waals surface area contributed by atoms with Gasteiger partial charge in [0.1, 0.15) is 35.2 Å². The molecule has 0 bridgehead atoms. The number of para-hydroxylation sites is 1. The molecule has 3 amide bonds. The summed E-state index contributed by atoms with van der Waals surface area (Å²) in [4.78, 5) is 40.9. The zero-order chi connectivity index (χ0) is 25.9. The van der Waals surface area contributed by atoms with Crippen LogP contribution in [-0.4, -0.2) is 35.2 Å². The van der Waals surface area contributed by atoms with E-state index in [4.69, 9.17) is 0 Å². The number of fused-ring (bicyclic) bond motifs is 1. The third kappa shape index (κ3) is 5.66. The van der Waals surface area contributed by atoms with Gasteiger partial charge in [-0.2, -0.15) is 0 Å². The summed E-state index contributed by atoms with van der Waals surface area (Å²) in [5, 5.41) is 5.01. The van der Waals surface area contributed by atoms with Crippen molar-refractivity contribution < 1.29 is 27.6 Å². The Morgan fingerprint density at radius 2 is 1.71 bits per heavy atom. The van der Waals surface area contributed by atoms with Crippen molar-refractivity contribution in [3.05, 3.63) is 65.0 Å². The smallest absolute Gasteiger partial charge is 0.251 e. The van der Waals surface area contributed by atoms with Crippen molar-refractivity contribution in [1.29, 1.82) is 0 Å². The van der Waals surface area contributed by atoms with E-state index < -0.39 is 47.0 Å². The lowest BCUT2D eigenvalue weighted by molar-refractivity contribution is -0.144. The van der Waals surface area contributed by atoms with E-state index >= 15 is 0 Å². The molecule has 0 unspecified atom stereocenters. The van der Waals surface area contributed by atoms with Crippen molar-refractivity contribution in [2.24, 2.45) is 11.8 Å². The Bertz CT molecular complexity index is 1100. The van der Waals surface area contributed by atoms with Crippen LogP contribution in [0.4, 0.5) is 18.9 Å². The molecule has 0 saturated carbocycles. The zero-order valence-corrected chi connectivity index (χ0v) is 20.2. The highest BCUT2D eigenvalue weighted by molar-refractivity contribution is 6.00. The number of amides is 3. The quantitative estimate of drug-likeness (QED) is 0.607. The second-order valence-corrected chi connectivity index (χ2v) is 9.15. The van der Waals surface area contributed by atoms with Crippen LogP contribution >= 0.6 is 0 Å². The van der Waals surface area contributed by atoms with Crippen LogP contribution in [0.1, 0.15) is 51.3 Å². The molecule has 2 aromatic carbocycles. The normalized spacial score (nSPS) is 16.9. The molecule has 2 aromatic rings. The first-order chi connectivity index (χ1) is 16.5. The van der Waals surface area contributed by atoms with Crippen molar-refractivity contribution in [3.63, 3.8) is 0 Å². The molecule has 0 aliphatic carbocycles. The first-order valence-electron chi connectivity index (χ1n) is 11.7. The van der Waals surface area contributed by atoms with Gasteiger partial charge < -0.3 is 15.5 Å². The maximum atomic E-state index is 14.2. The van der Waals surface area contributed by atoms with Crippen LogP contribution in [0.3, 0.4) is 0 Å². The van der Waals surface area contributed by atoms with Gasteiger partial charge in [-0.15, -0.1) is 0 Å². The van der Waals surface area contributed by atoms with E-state index in [9.17, 15) is 27.6 Å². The van der Waals surface area contributed by atoms with Gasteiger partial charge in [0, 0.05) is 12.5 Å². The molecule has 0 fully saturated rings. The molecule has 35 heavy (non-hydrogen) atoms. The average molecular weight is 490 g/mol. The Hall–Kier alpha value is -3.36. The predicted octanol–water partition coefficient (Wildman–Crippen LogP) is 4.36. The minimum Gasteiger partial charge on any atom is -0.344 e. The highest BCUT2D eigenvalue weighted by Crippen LogP contribution is 2.33. The molecule has 0 aromatic heterocycles. The summed E-state index contributed by atoms with van der Waals surface area (Å²) in [5.41, 5.74) is 0.225. The van der Waals surface area contributed by atoms with E-state index in [1.807, 2.05) is 6.92 Å². The lowest BCUT2D eigenvalue weighted by Crippen LogP contribution is -2.56. The first-order valence-corrected chi connectivity index (χ1v) is 11.7. The number of halogens is 3. The number of anilines is 1. The standard InChI is InChI=1S/C26H30F3N3O3/c1-5-15(4)24(33)30-21(14(2)3)26(35)32-12-11-16-9-10-17(27)13-18(16)23(32)25(34)31-22-19(28)7-6-8-20(22)29/h6-10,13-15,21,23H,5,11-12H2,1-4H3,(H,30,33)(H,31,34)/t15-,21+,23-/m1/s1. The Morgan fingerprint density at radius 3 is 2.31 bits per heavy atom. The monoisotopic (exact) mass is 489 g/mol. The summed E-state index contributed by atoms with van der Waals surface area (Å²) < 4.78 is 42.7. The third-order valence-electron chi connectivity index (χ3n) is 6.37. The molecule has 1 aliphatic rings. The van der Waals surface area contributed by atoms with E-state index in [-0.39, 0.29) is 29.9 Å². The lowest BCUT2D eigenvalue weighted by Gasteiger charge is -2.39. The molecule has 9 heteroatoms. The number of carbonyl (C=O) groups is 3. The van der Waals surface area contributed by atoms with Crippen LogP contribution in [0.5, 0.6) is 0 Å². The fourth-order valence-electron chi connectivity index (χ4n) is 4.09. The number of hydrogen-bond donors (Lipinski definition) is 2. The summed E-state index contributed by atoms with van der Waals surface area (Å²) in [6.45, 7) is 7.24. The molecule has 3 rings (SSSR count). The van der Waals surface area contributed by atoms with Gasteiger partial charge in [-0.05, 0) is 54.2 Å². The van der Waals surface area contributed by atoms with Gasteiger partial charge in [-0.25, -0.2) is 13.2 Å². The second-order valence-electron chi connectivity index (χ2n) is 9.15. The van der Waals surface area contributed by atoms with Crippen LogP contribution in [-0.2, 0) is 20.8 Å². The largest absolute Gasteiger partial charge is 0.344 e. The van der Waals surface area contributed by atoms with E-state index in [1.54, 1.807) is 20.8 Å². The number of nitrogens with one attached hydrogen (secondary N) is 2. The fraction of sp³-hybridized carbons (Fsp3) is 0.423. The topological polar surface area (TPSA) is 78.5 Å². The number of rotatable bonds is 7. The van der Waals surface area contributed by atoms with Crippen LogP contribution in [0.2, 0.25) is 0 Å². The second kappa shape index (κ2) is 10.9. The Morgan fingerprint density at radius 1 is 1.06 bits per heavy atom. The van der Waals surface area contributed by atoms with Crippen LogP contribution in [0, 0.1) is 29.3 Å². The number of carbonyl (C=O) groups excluding carboxylic acids is 3. The Balaban J connectivity index is 2.00. The molecule has 1 heterocycles. The van der Waals surface area contributed by atoms with Crippen LogP contribution in [0.25, 0.3) is 0 Å². The summed E-state index contributed by atoms with van der Waals surface area (Å²) in [7, 11) is 0.